The van der Waals surface area contributed by atoms with Crippen LogP contribution in [0.5, 0.6) is 0 Å². The Morgan fingerprint density at radius 1 is 1.24 bits per heavy atom. The van der Waals surface area contributed by atoms with E-state index in [2.05, 4.69) is 35.0 Å². The highest BCUT2D eigenvalue weighted by Gasteiger charge is 2.45. The number of likely N-dealkylation sites (tertiary alicyclic amines) is 1. The molecule has 0 amide bonds. The van der Waals surface area contributed by atoms with Crippen molar-refractivity contribution in [1.29, 1.82) is 0 Å². The summed E-state index contributed by atoms with van der Waals surface area (Å²) in [4.78, 5) is 19.2. The quantitative estimate of drug-likeness (QED) is 0.444. The number of nitrogens with zero attached hydrogens (tertiary/aromatic N) is 1. The normalized spacial score (nSPS) is 24.1. The zero-order valence-corrected chi connectivity index (χ0v) is 19.8. The molecule has 1 spiro atoms. The second kappa shape index (κ2) is 8.60. The smallest absolute Gasteiger partial charge is 0.341 e. The molecular weight excluding hydrogens is 415 g/mol. The molecule has 5 rings (SSSR count). The van der Waals surface area contributed by atoms with Crippen LogP contribution in [0.25, 0.3) is 10.9 Å². The fourth-order valence-corrected chi connectivity index (χ4v) is 6.27. The zero-order valence-electron chi connectivity index (χ0n) is 19.8. The third kappa shape index (κ3) is 3.97. The van der Waals surface area contributed by atoms with Crippen LogP contribution in [0.4, 0.5) is 4.39 Å². The summed E-state index contributed by atoms with van der Waals surface area (Å²) in [5.74, 6) is -0.118. The molecule has 2 aliphatic rings. The zero-order chi connectivity index (χ0) is 23.2. The minimum absolute atomic E-state index is 0.300. The number of fused-ring (bicyclic) bond motifs is 1. The third-order valence-electron chi connectivity index (χ3n) is 8.02. The summed E-state index contributed by atoms with van der Waals surface area (Å²) in [6.45, 7) is 8.37. The number of esters is 1. The number of aromatic nitrogens is 1. The van der Waals surface area contributed by atoms with Gasteiger partial charge in [-0.2, -0.15) is 0 Å². The molecule has 1 saturated heterocycles. The number of hydrogen-bond acceptors (Lipinski definition) is 3. The number of hydrogen-bond donors (Lipinski definition) is 1. The van der Waals surface area contributed by atoms with Gasteiger partial charge in [0.05, 0.1) is 5.56 Å². The predicted molar refractivity (Wildman–Crippen MR) is 129 cm³/mol. The lowest BCUT2D eigenvalue weighted by Crippen LogP contribution is -2.41. The second-order valence-electron chi connectivity index (χ2n) is 9.88. The van der Waals surface area contributed by atoms with Crippen molar-refractivity contribution in [3.8, 4) is 0 Å². The van der Waals surface area contributed by atoms with Crippen LogP contribution in [-0.2, 0) is 4.74 Å². The molecule has 33 heavy (non-hydrogen) atoms. The Morgan fingerprint density at radius 2 is 2.03 bits per heavy atom. The molecule has 2 fully saturated rings. The molecule has 0 radical (unpaired) electrons. The Morgan fingerprint density at radius 3 is 2.79 bits per heavy atom. The first kappa shape index (κ1) is 22.1. The highest BCUT2D eigenvalue weighted by atomic mass is 19.1. The van der Waals surface area contributed by atoms with Crippen LogP contribution in [-0.4, -0.2) is 34.5 Å². The van der Waals surface area contributed by atoms with E-state index in [1.807, 2.05) is 13.8 Å². The van der Waals surface area contributed by atoms with Gasteiger partial charge in [-0.05, 0) is 100 Å². The molecule has 5 heteroatoms. The van der Waals surface area contributed by atoms with E-state index < -0.39 is 6.10 Å². The fourth-order valence-electron chi connectivity index (χ4n) is 6.27. The Balaban J connectivity index is 1.40. The highest BCUT2D eigenvalue weighted by molar-refractivity contribution is 6.05. The molecular formula is C28H33FN2O2. The maximum absolute atomic E-state index is 13.3. The lowest BCUT2D eigenvalue weighted by Gasteiger charge is -2.34. The average Bonchev–Trinajstić information content (AvgIpc) is 3.50. The SMILES string of the molecule is CCN1CCCC12CCC(c1ccc3[nH]c(C)c(C(=O)OC(C)c4ccc(F)cc4)c3c1)C2. The average molecular weight is 449 g/mol. The largest absolute Gasteiger partial charge is 0.454 e. The van der Waals surface area contributed by atoms with Crippen LogP contribution < -0.4 is 0 Å². The summed E-state index contributed by atoms with van der Waals surface area (Å²) in [5, 5.41) is 0.932. The molecule has 0 bridgehead atoms. The summed E-state index contributed by atoms with van der Waals surface area (Å²) < 4.78 is 19.0. The van der Waals surface area contributed by atoms with Crippen LogP contribution in [0.3, 0.4) is 0 Å². The first-order valence-corrected chi connectivity index (χ1v) is 12.2. The Bertz CT molecular complexity index is 1170. The number of carbonyl (C=O) groups excluding carboxylic acids is 1. The number of H-pyrrole nitrogens is 1. The van der Waals surface area contributed by atoms with E-state index in [0.717, 1.165) is 28.7 Å². The van der Waals surface area contributed by atoms with E-state index in [9.17, 15) is 9.18 Å². The Kier molecular flexibility index (Phi) is 5.77. The topological polar surface area (TPSA) is 45.3 Å². The molecule has 2 heterocycles. The van der Waals surface area contributed by atoms with Crippen LogP contribution in [0.2, 0.25) is 0 Å². The second-order valence-corrected chi connectivity index (χ2v) is 9.88. The Hall–Kier alpha value is -2.66. The number of halogens is 1. The lowest BCUT2D eigenvalue weighted by atomic mass is 9.89. The van der Waals surface area contributed by atoms with E-state index in [1.54, 1.807) is 12.1 Å². The number of rotatable bonds is 5. The molecule has 3 atom stereocenters. The van der Waals surface area contributed by atoms with E-state index >= 15 is 0 Å². The van der Waals surface area contributed by atoms with Gasteiger partial charge in [0.2, 0.25) is 0 Å². The van der Waals surface area contributed by atoms with Crippen molar-refractivity contribution in [2.75, 3.05) is 13.1 Å². The number of benzene rings is 2. The molecule has 1 aromatic heterocycles. The summed E-state index contributed by atoms with van der Waals surface area (Å²) >= 11 is 0. The number of ether oxygens (including phenoxy) is 1. The summed E-state index contributed by atoms with van der Waals surface area (Å²) in [7, 11) is 0. The van der Waals surface area contributed by atoms with Crippen molar-refractivity contribution < 1.29 is 13.9 Å². The molecule has 4 nitrogen and oxygen atoms in total. The lowest BCUT2D eigenvalue weighted by molar-refractivity contribution is 0.0339. The monoisotopic (exact) mass is 448 g/mol. The van der Waals surface area contributed by atoms with Crippen LogP contribution >= 0.6 is 0 Å². The molecule has 3 aromatic rings. The minimum Gasteiger partial charge on any atom is -0.454 e. The number of carbonyl (C=O) groups is 1. The summed E-state index contributed by atoms with van der Waals surface area (Å²) in [6, 6.07) is 12.6. The third-order valence-corrected chi connectivity index (χ3v) is 8.02. The number of nitrogens with one attached hydrogen (secondary N) is 1. The van der Waals surface area contributed by atoms with Gasteiger partial charge in [-0.25, -0.2) is 9.18 Å². The van der Waals surface area contributed by atoms with Crippen LogP contribution in [0, 0.1) is 12.7 Å². The first-order valence-electron chi connectivity index (χ1n) is 12.2. The Labute approximate surface area is 195 Å². The molecule has 2 aromatic carbocycles. The van der Waals surface area contributed by atoms with Gasteiger partial charge in [0.25, 0.3) is 0 Å². The predicted octanol–water partition coefficient (Wildman–Crippen LogP) is 6.66. The number of aromatic amines is 1. The van der Waals surface area contributed by atoms with Gasteiger partial charge in [-0.1, -0.05) is 25.1 Å². The van der Waals surface area contributed by atoms with Crippen molar-refractivity contribution in [3.63, 3.8) is 0 Å². The maximum Gasteiger partial charge on any atom is 0.341 e. The van der Waals surface area contributed by atoms with Gasteiger partial charge in [-0.3, -0.25) is 4.90 Å². The van der Waals surface area contributed by atoms with Gasteiger partial charge in [0.15, 0.2) is 0 Å². The van der Waals surface area contributed by atoms with E-state index in [-0.39, 0.29) is 11.8 Å². The van der Waals surface area contributed by atoms with Crippen LogP contribution in [0.15, 0.2) is 42.5 Å². The molecule has 174 valence electrons. The van der Waals surface area contributed by atoms with Crippen molar-refractivity contribution >= 4 is 16.9 Å². The summed E-state index contributed by atoms with van der Waals surface area (Å²) in [6.07, 6.45) is 5.83. The van der Waals surface area contributed by atoms with Crippen molar-refractivity contribution in [2.45, 2.75) is 70.4 Å². The fraction of sp³-hybridized carbons (Fsp3) is 0.464. The maximum atomic E-state index is 13.3. The van der Waals surface area contributed by atoms with E-state index in [4.69, 9.17) is 4.74 Å². The van der Waals surface area contributed by atoms with Crippen molar-refractivity contribution in [3.05, 3.63) is 70.7 Å². The van der Waals surface area contributed by atoms with Crippen molar-refractivity contribution in [2.24, 2.45) is 0 Å². The van der Waals surface area contributed by atoms with Gasteiger partial charge in [0.1, 0.15) is 11.9 Å². The van der Waals surface area contributed by atoms with Crippen LogP contribution in [0.1, 0.15) is 85.2 Å². The minimum atomic E-state index is -0.456. The molecule has 1 aliphatic heterocycles. The van der Waals surface area contributed by atoms with E-state index in [0.29, 0.717) is 17.0 Å². The summed E-state index contributed by atoms with van der Waals surface area (Å²) in [5.41, 5.74) is 4.84. The van der Waals surface area contributed by atoms with Gasteiger partial charge >= 0.3 is 5.97 Å². The van der Waals surface area contributed by atoms with E-state index in [1.165, 1.54) is 56.3 Å². The molecule has 3 unspecified atom stereocenters. The molecule has 1 aliphatic carbocycles. The van der Waals surface area contributed by atoms with Crippen molar-refractivity contribution in [1.82, 2.24) is 9.88 Å². The molecule has 1 saturated carbocycles. The van der Waals surface area contributed by atoms with Gasteiger partial charge < -0.3 is 9.72 Å². The first-order chi connectivity index (χ1) is 15.9. The number of aryl methyl sites for hydroxylation is 1. The van der Waals surface area contributed by atoms with Gasteiger partial charge in [0, 0.05) is 22.1 Å². The van der Waals surface area contributed by atoms with Gasteiger partial charge in [-0.15, -0.1) is 0 Å². The standard InChI is InChI=1S/C28H33FN2O2/c1-4-31-15-5-13-28(31)14-12-22(17-28)21-8-11-25-24(16-21)26(18(2)30-25)27(32)33-19(3)20-6-9-23(29)10-7-20/h6-11,16,19,22,30H,4-5,12-15,17H2,1-3H3. The highest BCUT2D eigenvalue weighted by Crippen LogP contribution is 2.49. The molecule has 1 N–H and O–H groups in total.